The number of furan rings is 1. The predicted molar refractivity (Wildman–Crippen MR) is 27.8 cm³/mol. The van der Waals surface area contributed by atoms with E-state index in [2.05, 4.69) is 4.42 Å². The normalized spacial score (nSPS) is 8.50. The van der Waals surface area contributed by atoms with Crippen molar-refractivity contribution in [2.45, 2.75) is 6.92 Å². The second kappa shape index (κ2) is 3.81. The minimum Gasteiger partial charge on any atom is -0.542 e. The van der Waals surface area contributed by atoms with E-state index in [1.54, 1.807) is 13.0 Å². The SMILES string of the molecule is Cc1ccc(C(=O)[O-])o1.[Na+]. The molecule has 0 amide bonds. The molecule has 10 heavy (non-hydrogen) atoms. The molecule has 0 saturated carbocycles. The molecule has 0 aliphatic rings. The Labute approximate surface area is 80.3 Å². The number of carboxylic acids is 1. The predicted octanol–water partition coefficient (Wildman–Crippen LogP) is -3.04. The molecule has 4 heteroatoms. The summed E-state index contributed by atoms with van der Waals surface area (Å²) in [5.74, 6) is -0.815. The van der Waals surface area contributed by atoms with Gasteiger partial charge < -0.3 is 14.3 Å². The first-order chi connectivity index (χ1) is 4.20. The molecule has 1 aromatic heterocycles. The van der Waals surface area contributed by atoms with Crippen LogP contribution in [0.5, 0.6) is 0 Å². The molecule has 0 bridgehead atoms. The minimum absolute atomic E-state index is 0. The molecule has 1 aromatic rings. The molecule has 0 spiro atoms. The first-order valence-electron chi connectivity index (χ1n) is 2.48. The Bertz CT molecular complexity index is 229. The summed E-state index contributed by atoms with van der Waals surface area (Å²) >= 11 is 0. The van der Waals surface area contributed by atoms with Gasteiger partial charge in [-0.05, 0) is 19.1 Å². The molecule has 3 nitrogen and oxygen atoms in total. The Morgan fingerprint density at radius 1 is 1.60 bits per heavy atom. The molecule has 0 fully saturated rings. The van der Waals surface area contributed by atoms with Gasteiger partial charge in [0, 0.05) is 0 Å². The maximum Gasteiger partial charge on any atom is 1.00 e. The summed E-state index contributed by atoms with van der Waals surface area (Å²) in [5.41, 5.74) is 0. The van der Waals surface area contributed by atoms with E-state index in [4.69, 9.17) is 0 Å². The minimum atomic E-state index is -1.27. The first-order valence-corrected chi connectivity index (χ1v) is 2.48. The summed E-state index contributed by atoms with van der Waals surface area (Å²) in [6.45, 7) is 1.67. The van der Waals surface area contributed by atoms with E-state index in [1.165, 1.54) is 6.07 Å². The molecule has 0 aliphatic carbocycles. The topological polar surface area (TPSA) is 53.3 Å². The van der Waals surface area contributed by atoms with E-state index in [9.17, 15) is 9.90 Å². The monoisotopic (exact) mass is 148 g/mol. The second-order valence-corrected chi connectivity index (χ2v) is 1.70. The van der Waals surface area contributed by atoms with Gasteiger partial charge in [-0.2, -0.15) is 0 Å². The van der Waals surface area contributed by atoms with Crippen LogP contribution in [0.15, 0.2) is 16.5 Å². The van der Waals surface area contributed by atoms with Crippen LogP contribution in [0.2, 0.25) is 0 Å². The average molecular weight is 148 g/mol. The van der Waals surface area contributed by atoms with Gasteiger partial charge in [-0.1, -0.05) is 0 Å². The number of aryl methyl sites for hydroxylation is 1. The molecule has 0 saturated heterocycles. The third-order valence-electron chi connectivity index (χ3n) is 0.942. The summed E-state index contributed by atoms with van der Waals surface area (Å²) in [6, 6.07) is 2.94. The molecule has 0 aliphatic heterocycles. The Kier molecular flexibility index (Phi) is 3.71. The van der Waals surface area contributed by atoms with Gasteiger partial charge in [0.15, 0.2) is 0 Å². The summed E-state index contributed by atoms with van der Waals surface area (Å²) in [7, 11) is 0. The number of carboxylic acid groups (broad SMARTS) is 1. The van der Waals surface area contributed by atoms with Gasteiger partial charge in [0.05, 0.1) is 0 Å². The van der Waals surface area contributed by atoms with Crippen molar-refractivity contribution in [2.24, 2.45) is 0 Å². The van der Waals surface area contributed by atoms with Gasteiger partial charge in [0.25, 0.3) is 0 Å². The second-order valence-electron chi connectivity index (χ2n) is 1.70. The van der Waals surface area contributed by atoms with E-state index in [0.717, 1.165) is 0 Å². The fourth-order valence-corrected chi connectivity index (χ4v) is 0.544. The van der Waals surface area contributed by atoms with Crippen LogP contribution in [0.4, 0.5) is 0 Å². The third kappa shape index (κ3) is 2.17. The maximum absolute atomic E-state index is 10.0. The zero-order chi connectivity index (χ0) is 6.85. The standard InChI is InChI=1S/C6H6O3.Na/c1-4-2-3-5(9-4)6(7)8;/h2-3H,1H3,(H,7,8);/q;+1/p-1. The molecular formula is C6H5NaO3. The summed E-state index contributed by atoms with van der Waals surface area (Å²) in [6.07, 6.45) is 0. The quantitative estimate of drug-likeness (QED) is 0.398. The maximum atomic E-state index is 10.0. The van der Waals surface area contributed by atoms with Crippen molar-refractivity contribution in [3.8, 4) is 0 Å². The summed E-state index contributed by atoms with van der Waals surface area (Å²) < 4.78 is 4.68. The van der Waals surface area contributed by atoms with Gasteiger partial charge in [0.2, 0.25) is 0 Å². The van der Waals surface area contributed by atoms with E-state index in [1.807, 2.05) is 0 Å². The third-order valence-corrected chi connectivity index (χ3v) is 0.942. The van der Waals surface area contributed by atoms with Crippen molar-refractivity contribution >= 4 is 5.97 Å². The van der Waals surface area contributed by atoms with Gasteiger partial charge in [-0.15, -0.1) is 0 Å². The number of hydrogen-bond donors (Lipinski definition) is 0. The van der Waals surface area contributed by atoms with Crippen LogP contribution in [0, 0.1) is 6.92 Å². The largest absolute Gasteiger partial charge is 1.00 e. The summed E-state index contributed by atoms with van der Waals surface area (Å²) in [5, 5.41) is 10.0. The molecule has 0 N–H and O–H groups in total. The van der Waals surface area contributed by atoms with Crippen LogP contribution in [0.25, 0.3) is 0 Å². The van der Waals surface area contributed by atoms with Crippen LogP contribution < -0.4 is 34.7 Å². The number of carbonyl (C=O) groups is 1. The molecule has 1 heterocycles. The van der Waals surface area contributed by atoms with Crippen LogP contribution in [0.1, 0.15) is 16.3 Å². The zero-order valence-electron chi connectivity index (χ0n) is 5.88. The molecule has 0 aromatic carbocycles. The van der Waals surface area contributed by atoms with E-state index >= 15 is 0 Å². The molecular weight excluding hydrogens is 143 g/mol. The number of carbonyl (C=O) groups excluding carboxylic acids is 1. The Morgan fingerprint density at radius 3 is 2.40 bits per heavy atom. The Morgan fingerprint density at radius 2 is 2.20 bits per heavy atom. The van der Waals surface area contributed by atoms with Crippen molar-refractivity contribution in [1.29, 1.82) is 0 Å². The smallest absolute Gasteiger partial charge is 0.542 e. The van der Waals surface area contributed by atoms with Crippen molar-refractivity contribution < 1.29 is 43.9 Å². The molecule has 0 radical (unpaired) electrons. The molecule has 0 atom stereocenters. The van der Waals surface area contributed by atoms with Crippen molar-refractivity contribution in [2.75, 3.05) is 0 Å². The van der Waals surface area contributed by atoms with Crippen LogP contribution in [0.3, 0.4) is 0 Å². The van der Waals surface area contributed by atoms with Crippen molar-refractivity contribution in [3.05, 3.63) is 23.7 Å². The van der Waals surface area contributed by atoms with Crippen molar-refractivity contribution in [1.82, 2.24) is 0 Å². The number of rotatable bonds is 1. The van der Waals surface area contributed by atoms with E-state index in [0.29, 0.717) is 5.76 Å². The Hall–Kier alpha value is -0.250. The number of hydrogen-bond acceptors (Lipinski definition) is 3. The zero-order valence-corrected chi connectivity index (χ0v) is 7.88. The van der Waals surface area contributed by atoms with Gasteiger partial charge in [0.1, 0.15) is 17.5 Å². The number of aromatic carboxylic acids is 1. The van der Waals surface area contributed by atoms with Crippen LogP contribution >= 0.6 is 0 Å². The molecule has 48 valence electrons. The van der Waals surface area contributed by atoms with Crippen LogP contribution in [-0.2, 0) is 0 Å². The average Bonchev–Trinajstić information content (AvgIpc) is 2.14. The van der Waals surface area contributed by atoms with Crippen molar-refractivity contribution in [3.63, 3.8) is 0 Å². The van der Waals surface area contributed by atoms with E-state index < -0.39 is 5.97 Å². The van der Waals surface area contributed by atoms with Gasteiger partial charge in [-0.25, -0.2) is 0 Å². The first kappa shape index (κ1) is 9.75. The fourth-order valence-electron chi connectivity index (χ4n) is 0.544. The molecule has 1 rings (SSSR count). The van der Waals surface area contributed by atoms with E-state index in [-0.39, 0.29) is 35.3 Å². The van der Waals surface area contributed by atoms with Crippen LogP contribution in [-0.4, -0.2) is 5.97 Å². The fraction of sp³-hybridized carbons (Fsp3) is 0.167. The molecule has 0 unspecified atom stereocenters. The summed E-state index contributed by atoms with van der Waals surface area (Å²) in [4.78, 5) is 10.0. The van der Waals surface area contributed by atoms with Gasteiger partial charge >= 0.3 is 29.6 Å². The Balaban J connectivity index is 0.000000810. The van der Waals surface area contributed by atoms with Gasteiger partial charge in [-0.3, -0.25) is 0 Å².